The van der Waals surface area contributed by atoms with Crippen molar-refractivity contribution in [2.24, 2.45) is 5.92 Å². The molecule has 1 aromatic carbocycles. The number of rotatable bonds is 7. The van der Waals surface area contributed by atoms with Gasteiger partial charge in [-0.15, -0.1) is 0 Å². The minimum absolute atomic E-state index is 0.0648. The van der Waals surface area contributed by atoms with Gasteiger partial charge in [0.25, 0.3) is 0 Å². The Balaban J connectivity index is 1.22. The quantitative estimate of drug-likeness (QED) is 0.456. The third kappa shape index (κ3) is 6.08. The van der Waals surface area contributed by atoms with Crippen molar-refractivity contribution in [2.45, 2.75) is 74.8 Å². The summed E-state index contributed by atoms with van der Waals surface area (Å²) in [4.78, 5) is 21.5. The molecule has 43 heavy (non-hydrogen) atoms. The number of carbonyl (C=O) groups is 1. The normalized spacial score (nSPS) is 34.7. The molecule has 7 atom stereocenters. The second kappa shape index (κ2) is 12.6. The summed E-state index contributed by atoms with van der Waals surface area (Å²) in [6.45, 7) is 8.23. The van der Waals surface area contributed by atoms with Gasteiger partial charge in [0.05, 0.1) is 50.6 Å². The number of likely N-dealkylation sites (N-methyl/N-ethyl adjacent to an activating group) is 2. The maximum Gasteiger partial charge on any atom is 0.246 e. The number of amides is 1. The van der Waals surface area contributed by atoms with Crippen LogP contribution in [0.2, 0.25) is 0 Å². The number of ether oxygens (including phenoxy) is 3. The van der Waals surface area contributed by atoms with E-state index in [4.69, 9.17) is 14.2 Å². The summed E-state index contributed by atoms with van der Waals surface area (Å²) in [7, 11) is 6.00. The van der Waals surface area contributed by atoms with Crippen LogP contribution in [0.4, 0.5) is 5.69 Å². The summed E-state index contributed by atoms with van der Waals surface area (Å²) in [5.41, 5.74) is 0.752. The Hall–Kier alpha value is -2.88. The van der Waals surface area contributed by atoms with Crippen LogP contribution in [0.5, 0.6) is 11.5 Å². The van der Waals surface area contributed by atoms with Crippen LogP contribution in [0.1, 0.15) is 38.5 Å². The average Bonchev–Trinajstić information content (AvgIpc) is 3.43. The Morgan fingerprint density at radius 3 is 2.84 bits per heavy atom. The van der Waals surface area contributed by atoms with Gasteiger partial charge in [-0.3, -0.25) is 20.3 Å². The molecular weight excluding hydrogens is 546 g/mol. The summed E-state index contributed by atoms with van der Waals surface area (Å²) in [6.07, 6.45) is 6.59. The molecule has 4 heterocycles. The van der Waals surface area contributed by atoms with Crippen molar-refractivity contribution < 1.29 is 19.0 Å². The summed E-state index contributed by atoms with van der Waals surface area (Å²) in [5, 5.41) is 17.2. The van der Waals surface area contributed by atoms with Crippen LogP contribution in [0, 0.1) is 17.2 Å². The zero-order valence-corrected chi connectivity index (χ0v) is 25.8. The molecule has 11 heteroatoms. The van der Waals surface area contributed by atoms with E-state index in [0.717, 1.165) is 62.5 Å². The fourth-order valence-corrected chi connectivity index (χ4v) is 8.08. The molecule has 4 aliphatic heterocycles. The number of piperazine rings is 1. The standard InChI is InChI=1S/C32H47N7O4/c1-5-29(40)39-16-15-38(19-22(39)11-13-33)30-25-10-12-32(21-37(3)27-17-24(41-4)8-9-28(27)43-32)18-26(25)34-31(35-30)42-20-23-7-6-14-36(23)2/h5,8-9,17,22-23,25-26,30-31,34-35H,1,6-7,10-12,14-16,18-21H2,2-4H3/t22?,23?,25?,26?,30?,31?,32-/m1/s1. The van der Waals surface area contributed by atoms with Gasteiger partial charge in [-0.25, -0.2) is 0 Å². The number of methoxy groups -OCH3 is 1. The Bertz CT molecular complexity index is 1220. The van der Waals surface area contributed by atoms with Crippen molar-refractivity contribution in [2.75, 3.05) is 65.4 Å². The Kier molecular flexibility index (Phi) is 8.85. The van der Waals surface area contributed by atoms with Crippen LogP contribution < -0.4 is 25.0 Å². The van der Waals surface area contributed by atoms with Crippen molar-refractivity contribution in [3.63, 3.8) is 0 Å². The van der Waals surface area contributed by atoms with Crippen LogP contribution >= 0.6 is 0 Å². The molecule has 1 saturated carbocycles. The maximum absolute atomic E-state index is 12.6. The molecular formula is C32H47N7O4. The molecule has 1 aromatic rings. The molecule has 11 nitrogen and oxygen atoms in total. The van der Waals surface area contributed by atoms with Crippen molar-refractivity contribution in [3.05, 3.63) is 30.9 Å². The average molecular weight is 594 g/mol. The van der Waals surface area contributed by atoms with E-state index in [1.54, 1.807) is 7.11 Å². The van der Waals surface area contributed by atoms with Crippen LogP contribution in [0.3, 0.4) is 0 Å². The van der Waals surface area contributed by atoms with Gasteiger partial charge in [-0.2, -0.15) is 5.26 Å². The number of likely N-dealkylation sites (tertiary alicyclic amines) is 1. The number of hydrogen-bond acceptors (Lipinski definition) is 10. The molecule has 0 aromatic heterocycles. The van der Waals surface area contributed by atoms with E-state index in [1.165, 1.54) is 12.5 Å². The summed E-state index contributed by atoms with van der Waals surface area (Å²) < 4.78 is 18.9. The molecule has 2 N–H and O–H groups in total. The Labute approximate surface area is 255 Å². The topological polar surface area (TPSA) is 106 Å². The number of carbonyl (C=O) groups excluding carboxylic acids is 1. The molecule has 3 saturated heterocycles. The van der Waals surface area contributed by atoms with Crippen molar-refractivity contribution in [3.8, 4) is 17.6 Å². The van der Waals surface area contributed by atoms with Gasteiger partial charge in [0, 0.05) is 57.2 Å². The monoisotopic (exact) mass is 593 g/mol. The molecule has 0 radical (unpaired) electrons. The molecule has 234 valence electrons. The van der Waals surface area contributed by atoms with Crippen molar-refractivity contribution in [1.29, 1.82) is 5.26 Å². The summed E-state index contributed by atoms with van der Waals surface area (Å²) in [6, 6.07) is 8.79. The van der Waals surface area contributed by atoms with E-state index < -0.39 is 0 Å². The number of nitrogens with zero attached hydrogens (tertiary/aromatic N) is 5. The van der Waals surface area contributed by atoms with E-state index in [1.807, 2.05) is 23.1 Å². The van der Waals surface area contributed by atoms with Crippen LogP contribution in [-0.4, -0.2) is 117 Å². The maximum atomic E-state index is 12.6. The lowest BCUT2D eigenvalue weighted by Gasteiger charge is -2.56. The van der Waals surface area contributed by atoms with Gasteiger partial charge in [0.15, 0.2) is 6.35 Å². The molecule has 1 aliphatic carbocycles. The third-order valence-electron chi connectivity index (χ3n) is 10.4. The minimum Gasteiger partial charge on any atom is -0.497 e. The summed E-state index contributed by atoms with van der Waals surface area (Å²) >= 11 is 0. The van der Waals surface area contributed by atoms with E-state index in [-0.39, 0.29) is 36.1 Å². The Morgan fingerprint density at radius 1 is 1.23 bits per heavy atom. The first-order chi connectivity index (χ1) is 20.8. The second-order valence-corrected chi connectivity index (χ2v) is 13.0. The zero-order valence-electron chi connectivity index (χ0n) is 25.8. The van der Waals surface area contributed by atoms with Gasteiger partial charge in [-0.1, -0.05) is 6.58 Å². The number of nitriles is 1. The number of benzene rings is 1. The largest absolute Gasteiger partial charge is 0.497 e. The fourth-order valence-electron chi connectivity index (χ4n) is 8.08. The van der Waals surface area contributed by atoms with E-state index in [0.29, 0.717) is 38.1 Å². The molecule has 5 aliphatic rings. The molecule has 6 unspecified atom stereocenters. The fraction of sp³-hybridized carbons (Fsp3) is 0.688. The number of fused-ring (bicyclic) bond motifs is 2. The predicted molar refractivity (Wildman–Crippen MR) is 164 cm³/mol. The predicted octanol–water partition coefficient (Wildman–Crippen LogP) is 1.96. The zero-order chi connectivity index (χ0) is 30.1. The number of anilines is 1. The minimum atomic E-state index is -0.305. The van der Waals surface area contributed by atoms with E-state index in [9.17, 15) is 10.1 Å². The highest BCUT2D eigenvalue weighted by Crippen LogP contribution is 2.46. The first kappa shape index (κ1) is 30.2. The van der Waals surface area contributed by atoms with E-state index >= 15 is 0 Å². The molecule has 0 bridgehead atoms. The molecule has 4 fully saturated rings. The van der Waals surface area contributed by atoms with Crippen LogP contribution in [0.15, 0.2) is 30.9 Å². The highest BCUT2D eigenvalue weighted by Gasteiger charge is 2.52. The van der Waals surface area contributed by atoms with Gasteiger partial charge in [0.1, 0.15) is 17.1 Å². The SMILES string of the molecule is C=CC(=O)N1CCN(C2NC(OCC3CCCN3C)NC3C[C@]4(CCC32)CN(C)c2cc(OC)ccc2O4)CC1CC#N. The van der Waals surface area contributed by atoms with Crippen molar-refractivity contribution >= 4 is 11.6 Å². The first-order valence-corrected chi connectivity index (χ1v) is 15.8. The van der Waals surface area contributed by atoms with Gasteiger partial charge in [-0.05, 0) is 57.5 Å². The Morgan fingerprint density at radius 2 is 2.09 bits per heavy atom. The molecule has 6 rings (SSSR count). The van der Waals surface area contributed by atoms with E-state index in [2.05, 4.69) is 52.1 Å². The highest BCUT2D eigenvalue weighted by molar-refractivity contribution is 5.87. The second-order valence-electron chi connectivity index (χ2n) is 13.0. The van der Waals surface area contributed by atoms with Crippen LogP contribution in [-0.2, 0) is 9.53 Å². The van der Waals surface area contributed by atoms with Gasteiger partial charge in [0.2, 0.25) is 5.91 Å². The lowest BCUT2D eigenvalue weighted by atomic mass is 9.72. The van der Waals surface area contributed by atoms with Gasteiger partial charge >= 0.3 is 0 Å². The summed E-state index contributed by atoms with van der Waals surface area (Å²) in [5.74, 6) is 1.95. The lowest BCUT2D eigenvalue weighted by Crippen LogP contribution is -2.73. The van der Waals surface area contributed by atoms with Gasteiger partial charge < -0.3 is 28.9 Å². The highest BCUT2D eigenvalue weighted by atomic mass is 16.5. The molecule has 1 spiro atoms. The number of nitrogens with one attached hydrogen (secondary N) is 2. The smallest absolute Gasteiger partial charge is 0.246 e. The van der Waals surface area contributed by atoms with Crippen molar-refractivity contribution in [1.82, 2.24) is 25.3 Å². The third-order valence-corrected chi connectivity index (χ3v) is 10.4. The molecule has 1 amide bonds. The lowest BCUT2D eigenvalue weighted by molar-refractivity contribution is -0.139. The van der Waals surface area contributed by atoms with Crippen LogP contribution in [0.25, 0.3) is 0 Å². The first-order valence-electron chi connectivity index (χ1n) is 15.8. The number of hydrogen-bond donors (Lipinski definition) is 2.